The largest absolute Gasteiger partial charge is 0.360 e. The van der Waals surface area contributed by atoms with Crippen molar-refractivity contribution in [3.05, 3.63) is 69.9 Å². The normalized spacial score (nSPS) is 13.8. The van der Waals surface area contributed by atoms with Crippen LogP contribution in [0.5, 0.6) is 0 Å². The molecule has 1 fully saturated rings. The van der Waals surface area contributed by atoms with E-state index in [1.165, 1.54) is 0 Å². The minimum absolute atomic E-state index is 0.00152. The van der Waals surface area contributed by atoms with E-state index in [9.17, 15) is 9.59 Å². The van der Waals surface area contributed by atoms with Gasteiger partial charge in [0.15, 0.2) is 0 Å². The molecule has 0 spiro atoms. The number of halogens is 1. The Hall–Kier alpha value is -3.16. The minimum atomic E-state index is -0.349. The van der Waals surface area contributed by atoms with E-state index in [1.54, 1.807) is 37.3 Å². The zero-order valence-corrected chi connectivity index (χ0v) is 18.1. The van der Waals surface area contributed by atoms with Crippen molar-refractivity contribution in [1.82, 2.24) is 15.4 Å². The molecule has 1 aliphatic rings. The average molecular weight is 439 g/mol. The Morgan fingerprint density at radius 2 is 1.87 bits per heavy atom. The van der Waals surface area contributed by atoms with Gasteiger partial charge in [-0.3, -0.25) is 9.59 Å². The maximum absolute atomic E-state index is 13.1. The quantitative estimate of drug-likeness (QED) is 0.644. The molecular weight excluding hydrogens is 416 g/mol. The van der Waals surface area contributed by atoms with Crippen molar-refractivity contribution < 1.29 is 14.1 Å². The Morgan fingerprint density at radius 3 is 2.58 bits per heavy atom. The molecular formula is C23H23ClN4O3. The first-order chi connectivity index (χ1) is 15.0. The number of nitrogens with zero attached hydrogens (tertiary/aromatic N) is 2. The number of nitrogens with one attached hydrogen (secondary N) is 2. The predicted molar refractivity (Wildman–Crippen MR) is 120 cm³/mol. The van der Waals surface area contributed by atoms with E-state index in [2.05, 4.69) is 15.8 Å². The molecule has 2 amide bonds. The lowest BCUT2D eigenvalue weighted by Crippen LogP contribution is -2.46. The average Bonchev–Trinajstić information content (AvgIpc) is 3.16. The first-order valence-corrected chi connectivity index (χ1v) is 10.5. The highest BCUT2D eigenvalue weighted by molar-refractivity contribution is 6.33. The van der Waals surface area contributed by atoms with Crippen LogP contribution in [0, 0.1) is 13.8 Å². The molecule has 2 aromatic carbocycles. The monoisotopic (exact) mass is 438 g/mol. The molecule has 8 heteroatoms. The Morgan fingerprint density at radius 1 is 1.13 bits per heavy atom. The summed E-state index contributed by atoms with van der Waals surface area (Å²) < 4.78 is 5.29. The third-order valence-corrected chi connectivity index (χ3v) is 5.67. The van der Waals surface area contributed by atoms with Crippen LogP contribution in [0.4, 0.5) is 5.69 Å². The topological polar surface area (TPSA) is 87.5 Å². The number of aromatic nitrogens is 1. The molecule has 31 heavy (non-hydrogen) atoms. The first-order valence-electron chi connectivity index (χ1n) is 10.1. The first kappa shape index (κ1) is 21.1. The molecule has 1 aliphatic heterocycles. The second-order valence-electron chi connectivity index (χ2n) is 7.47. The van der Waals surface area contributed by atoms with Crippen molar-refractivity contribution in [1.29, 1.82) is 0 Å². The Kier molecular flexibility index (Phi) is 6.06. The van der Waals surface area contributed by atoms with Crippen molar-refractivity contribution in [3.63, 3.8) is 0 Å². The lowest BCUT2D eigenvalue weighted by atomic mass is 10.0. The maximum Gasteiger partial charge on any atom is 0.261 e. The Bertz CT molecular complexity index is 1140. The Balaban J connectivity index is 1.57. The summed E-state index contributed by atoms with van der Waals surface area (Å²) in [7, 11) is 0. The van der Waals surface area contributed by atoms with Gasteiger partial charge < -0.3 is 20.1 Å². The van der Waals surface area contributed by atoms with Crippen LogP contribution in [0.1, 0.15) is 32.0 Å². The van der Waals surface area contributed by atoms with Gasteiger partial charge in [0, 0.05) is 43.0 Å². The molecule has 2 N–H and O–H groups in total. The molecule has 0 atom stereocenters. The molecule has 7 nitrogen and oxygen atoms in total. The fourth-order valence-corrected chi connectivity index (χ4v) is 3.87. The van der Waals surface area contributed by atoms with Crippen molar-refractivity contribution in [3.8, 4) is 11.3 Å². The molecule has 0 bridgehead atoms. The zero-order valence-electron chi connectivity index (χ0n) is 17.4. The molecule has 0 unspecified atom stereocenters. The number of rotatable bonds is 4. The highest BCUT2D eigenvalue weighted by atomic mass is 35.5. The summed E-state index contributed by atoms with van der Waals surface area (Å²) in [6.07, 6.45) is 0. The molecule has 0 radical (unpaired) electrons. The van der Waals surface area contributed by atoms with Gasteiger partial charge in [-0.15, -0.1) is 0 Å². The van der Waals surface area contributed by atoms with Gasteiger partial charge in [-0.05, 0) is 43.7 Å². The third-order valence-electron chi connectivity index (χ3n) is 5.34. The van der Waals surface area contributed by atoms with Crippen LogP contribution in [0.15, 0.2) is 47.0 Å². The summed E-state index contributed by atoms with van der Waals surface area (Å²) in [6.45, 7) is 6.52. The smallest absolute Gasteiger partial charge is 0.261 e. The van der Waals surface area contributed by atoms with Crippen molar-refractivity contribution in [2.24, 2.45) is 0 Å². The summed E-state index contributed by atoms with van der Waals surface area (Å²) in [5.74, 6) is 0.0480. The molecule has 0 saturated carbocycles. The highest BCUT2D eigenvalue weighted by Gasteiger charge is 2.24. The molecule has 4 rings (SSSR count). The number of aryl methyl sites for hydroxylation is 2. The van der Waals surface area contributed by atoms with Crippen LogP contribution in [0.2, 0.25) is 5.02 Å². The van der Waals surface area contributed by atoms with Crippen LogP contribution in [0.3, 0.4) is 0 Å². The van der Waals surface area contributed by atoms with E-state index >= 15 is 0 Å². The van der Waals surface area contributed by atoms with Gasteiger partial charge >= 0.3 is 0 Å². The summed E-state index contributed by atoms with van der Waals surface area (Å²) in [5, 5.41) is 10.7. The van der Waals surface area contributed by atoms with Crippen LogP contribution in [0.25, 0.3) is 11.3 Å². The van der Waals surface area contributed by atoms with E-state index in [1.807, 2.05) is 24.0 Å². The molecule has 0 aliphatic carbocycles. The number of carbonyl (C=O) groups is 2. The number of benzene rings is 2. The van der Waals surface area contributed by atoms with E-state index < -0.39 is 0 Å². The maximum atomic E-state index is 13.1. The van der Waals surface area contributed by atoms with E-state index in [4.69, 9.17) is 16.1 Å². The van der Waals surface area contributed by atoms with Crippen LogP contribution < -0.4 is 10.6 Å². The second-order valence-corrected chi connectivity index (χ2v) is 7.88. The zero-order chi connectivity index (χ0) is 22.0. The van der Waals surface area contributed by atoms with Gasteiger partial charge in [-0.25, -0.2) is 0 Å². The standard InChI is InChI=1S/C23H23ClN4O3/c1-14-13-16(23(30)28-11-9-25-10-12-28)7-8-19(14)26-22(29)20-15(2)31-27-21(20)17-5-3-4-6-18(17)24/h3-8,13,25H,9-12H2,1-2H3,(H,26,29). The highest BCUT2D eigenvalue weighted by Crippen LogP contribution is 2.31. The lowest BCUT2D eigenvalue weighted by Gasteiger charge is -2.27. The van der Waals surface area contributed by atoms with E-state index in [0.717, 1.165) is 18.7 Å². The Labute approximate surface area is 185 Å². The molecule has 3 aromatic rings. The number of anilines is 1. The van der Waals surface area contributed by atoms with E-state index in [-0.39, 0.29) is 11.8 Å². The summed E-state index contributed by atoms with van der Waals surface area (Å²) in [6, 6.07) is 12.5. The molecule has 160 valence electrons. The van der Waals surface area contributed by atoms with E-state index in [0.29, 0.717) is 51.9 Å². The fraction of sp³-hybridized carbons (Fsp3) is 0.261. The van der Waals surface area contributed by atoms with Crippen LogP contribution >= 0.6 is 11.6 Å². The summed E-state index contributed by atoms with van der Waals surface area (Å²) in [5.41, 5.74) is 3.36. The van der Waals surface area contributed by atoms with Crippen LogP contribution in [-0.2, 0) is 0 Å². The summed E-state index contributed by atoms with van der Waals surface area (Å²) >= 11 is 6.29. The van der Waals surface area contributed by atoms with Gasteiger partial charge in [-0.1, -0.05) is 35.0 Å². The van der Waals surface area contributed by atoms with Gasteiger partial charge in [0.05, 0.1) is 5.02 Å². The SMILES string of the molecule is Cc1cc(C(=O)N2CCNCC2)ccc1NC(=O)c1c(-c2ccccc2Cl)noc1C. The molecule has 2 heterocycles. The van der Waals surface area contributed by atoms with Gasteiger partial charge in [0.2, 0.25) is 0 Å². The molecule has 1 aromatic heterocycles. The molecule has 1 saturated heterocycles. The van der Waals surface area contributed by atoms with Crippen molar-refractivity contribution >= 4 is 29.1 Å². The number of hydrogen-bond donors (Lipinski definition) is 2. The summed E-state index contributed by atoms with van der Waals surface area (Å²) in [4.78, 5) is 27.6. The van der Waals surface area contributed by atoms with Crippen LogP contribution in [-0.4, -0.2) is 48.0 Å². The number of amides is 2. The van der Waals surface area contributed by atoms with Gasteiger partial charge in [-0.2, -0.15) is 0 Å². The van der Waals surface area contributed by atoms with Gasteiger partial charge in [0.1, 0.15) is 17.0 Å². The lowest BCUT2D eigenvalue weighted by molar-refractivity contribution is 0.0735. The number of piperazine rings is 1. The van der Waals surface area contributed by atoms with Crippen molar-refractivity contribution in [2.45, 2.75) is 13.8 Å². The fourth-order valence-electron chi connectivity index (χ4n) is 3.65. The number of hydrogen-bond acceptors (Lipinski definition) is 5. The second kappa shape index (κ2) is 8.91. The third kappa shape index (κ3) is 4.33. The number of carbonyl (C=O) groups excluding carboxylic acids is 2. The predicted octanol–water partition coefficient (Wildman–Crippen LogP) is 3.91. The van der Waals surface area contributed by atoms with Gasteiger partial charge in [0.25, 0.3) is 11.8 Å². The minimum Gasteiger partial charge on any atom is -0.360 e. The van der Waals surface area contributed by atoms with Crippen molar-refractivity contribution in [2.75, 3.05) is 31.5 Å².